The molecule has 1 aromatic heterocycles. The van der Waals surface area contributed by atoms with Crippen LogP contribution in [-0.4, -0.2) is 42.8 Å². The summed E-state index contributed by atoms with van der Waals surface area (Å²) in [5, 5.41) is 4.00. The molecular weight excluding hydrogens is 214 g/mol. The first-order valence-corrected chi connectivity index (χ1v) is 5.77. The Hall–Kier alpha value is -0.720. The number of nitrogens with zero attached hydrogens (tertiary/aromatic N) is 2. The predicted octanol–water partition coefficient (Wildman–Crippen LogP) is 1.18. The molecule has 0 fully saturated rings. The van der Waals surface area contributed by atoms with Gasteiger partial charge in [-0.05, 0) is 6.92 Å². The van der Waals surface area contributed by atoms with Crippen molar-refractivity contribution in [3.8, 4) is 0 Å². The highest BCUT2D eigenvalue weighted by Gasteiger charge is 2.02. The van der Waals surface area contributed by atoms with Crippen LogP contribution in [-0.2, 0) is 15.9 Å². The largest absolute Gasteiger partial charge is 0.382 e. The van der Waals surface area contributed by atoms with E-state index < -0.39 is 0 Å². The van der Waals surface area contributed by atoms with Gasteiger partial charge in [0.1, 0.15) is 5.82 Å². The number of anilines is 1. The molecular formula is C9H17N3O2S. The Kier molecular flexibility index (Phi) is 6.22. The third-order valence-electron chi connectivity index (χ3n) is 1.70. The van der Waals surface area contributed by atoms with Crippen molar-refractivity contribution in [1.29, 1.82) is 0 Å². The molecule has 0 amide bonds. The molecule has 0 radical (unpaired) electrons. The molecule has 0 aliphatic rings. The molecule has 86 valence electrons. The molecule has 0 unspecified atom stereocenters. The monoisotopic (exact) mass is 231 g/mol. The van der Waals surface area contributed by atoms with E-state index in [9.17, 15) is 0 Å². The number of nitrogens with one attached hydrogen (secondary N) is 1. The molecule has 5 nitrogen and oxygen atoms in total. The molecule has 1 aromatic rings. The van der Waals surface area contributed by atoms with Crippen molar-refractivity contribution in [1.82, 2.24) is 9.36 Å². The Morgan fingerprint density at radius 3 is 2.93 bits per heavy atom. The minimum Gasteiger partial charge on any atom is -0.382 e. The SMILES string of the molecule is CCNc1nc(CCOCCOC)ns1. The summed E-state index contributed by atoms with van der Waals surface area (Å²) in [5.74, 6) is 0.841. The zero-order valence-electron chi connectivity index (χ0n) is 9.15. The average molecular weight is 231 g/mol. The fourth-order valence-electron chi connectivity index (χ4n) is 0.986. The minimum absolute atomic E-state index is 0.626. The Morgan fingerprint density at radius 1 is 1.33 bits per heavy atom. The lowest BCUT2D eigenvalue weighted by molar-refractivity contribution is 0.0717. The zero-order valence-corrected chi connectivity index (χ0v) is 9.97. The molecule has 1 N–H and O–H groups in total. The molecule has 0 saturated heterocycles. The lowest BCUT2D eigenvalue weighted by Crippen LogP contribution is -2.05. The average Bonchev–Trinajstić information content (AvgIpc) is 2.66. The number of hydrogen-bond donors (Lipinski definition) is 1. The minimum atomic E-state index is 0.626. The summed E-state index contributed by atoms with van der Waals surface area (Å²) in [6.45, 7) is 4.81. The Bertz CT molecular complexity index is 268. The van der Waals surface area contributed by atoms with Gasteiger partial charge in [-0.2, -0.15) is 4.37 Å². The molecule has 0 saturated carbocycles. The van der Waals surface area contributed by atoms with Gasteiger partial charge in [0.05, 0.1) is 19.8 Å². The van der Waals surface area contributed by atoms with Gasteiger partial charge >= 0.3 is 0 Å². The molecule has 0 spiro atoms. The molecule has 0 bridgehead atoms. The van der Waals surface area contributed by atoms with E-state index in [1.54, 1.807) is 7.11 Å². The van der Waals surface area contributed by atoms with Crippen LogP contribution >= 0.6 is 11.5 Å². The van der Waals surface area contributed by atoms with Crippen LogP contribution in [0.25, 0.3) is 0 Å². The van der Waals surface area contributed by atoms with Crippen LogP contribution in [0.4, 0.5) is 5.13 Å². The second-order valence-corrected chi connectivity index (χ2v) is 3.65. The van der Waals surface area contributed by atoms with Crippen molar-refractivity contribution in [3.63, 3.8) is 0 Å². The fourth-order valence-corrected chi connectivity index (χ4v) is 1.67. The molecule has 15 heavy (non-hydrogen) atoms. The highest BCUT2D eigenvalue weighted by Crippen LogP contribution is 2.10. The summed E-state index contributed by atoms with van der Waals surface area (Å²) in [5.41, 5.74) is 0. The summed E-state index contributed by atoms with van der Waals surface area (Å²) in [6.07, 6.45) is 0.756. The molecule has 0 aromatic carbocycles. The number of methoxy groups -OCH3 is 1. The normalized spacial score (nSPS) is 10.5. The van der Waals surface area contributed by atoms with Crippen molar-refractivity contribution < 1.29 is 9.47 Å². The molecule has 1 heterocycles. The van der Waals surface area contributed by atoms with Crippen LogP contribution in [0.3, 0.4) is 0 Å². The van der Waals surface area contributed by atoms with E-state index in [4.69, 9.17) is 9.47 Å². The standard InChI is InChI=1S/C9H17N3O2S/c1-3-10-9-11-8(12-15-9)4-5-14-7-6-13-2/h3-7H2,1-2H3,(H,10,11,12). The van der Waals surface area contributed by atoms with Crippen LogP contribution in [0.1, 0.15) is 12.7 Å². The van der Waals surface area contributed by atoms with Crippen molar-refractivity contribution in [2.75, 3.05) is 38.8 Å². The van der Waals surface area contributed by atoms with E-state index in [-0.39, 0.29) is 0 Å². The quantitative estimate of drug-likeness (QED) is 0.681. The van der Waals surface area contributed by atoms with Gasteiger partial charge in [-0.25, -0.2) is 4.98 Å². The first-order chi connectivity index (χ1) is 7.36. The van der Waals surface area contributed by atoms with E-state index in [0.717, 1.165) is 23.9 Å². The summed E-state index contributed by atoms with van der Waals surface area (Å²) in [7, 11) is 1.66. The van der Waals surface area contributed by atoms with Crippen LogP contribution in [0.5, 0.6) is 0 Å². The van der Waals surface area contributed by atoms with Gasteiger partial charge in [0, 0.05) is 31.6 Å². The van der Waals surface area contributed by atoms with Gasteiger partial charge in [0.15, 0.2) is 0 Å². The lowest BCUT2D eigenvalue weighted by atomic mass is 10.4. The number of aromatic nitrogens is 2. The van der Waals surface area contributed by atoms with Gasteiger partial charge in [-0.3, -0.25) is 0 Å². The molecule has 6 heteroatoms. The van der Waals surface area contributed by atoms with Crippen molar-refractivity contribution >= 4 is 16.7 Å². The van der Waals surface area contributed by atoms with E-state index in [2.05, 4.69) is 14.7 Å². The molecule has 0 atom stereocenters. The smallest absolute Gasteiger partial charge is 0.202 e. The van der Waals surface area contributed by atoms with Crippen molar-refractivity contribution in [2.24, 2.45) is 0 Å². The zero-order chi connectivity index (χ0) is 10.9. The van der Waals surface area contributed by atoms with Crippen molar-refractivity contribution in [2.45, 2.75) is 13.3 Å². The molecule has 1 rings (SSSR count). The maximum atomic E-state index is 5.33. The number of ether oxygens (including phenoxy) is 2. The first-order valence-electron chi connectivity index (χ1n) is 5.00. The predicted molar refractivity (Wildman–Crippen MR) is 60.5 cm³/mol. The van der Waals surface area contributed by atoms with Crippen LogP contribution in [0.15, 0.2) is 0 Å². The Labute approximate surface area is 94.0 Å². The van der Waals surface area contributed by atoms with E-state index in [0.29, 0.717) is 19.8 Å². The summed E-state index contributed by atoms with van der Waals surface area (Å²) in [4.78, 5) is 4.30. The van der Waals surface area contributed by atoms with Gasteiger partial charge in [0.25, 0.3) is 0 Å². The van der Waals surface area contributed by atoms with E-state index in [1.165, 1.54) is 11.5 Å². The van der Waals surface area contributed by atoms with Gasteiger partial charge in [0.2, 0.25) is 5.13 Å². The van der Waals surface area contributed by atoms with Crippen LogP contribution < -0.4 is 5.32 Å². The third-order valence-corrected chi connectivity index (χ3v) is 2.41. The topological polar surface area (TPSA) is 56.3 Å². The van der Waals surface area contributed by atoms with Crippen LogP contribution in [0.2, 0.25) is 0 Å². The molecule has 0 aliphatic carbocycles. The van der Waals surface area contributed by atoms with Gasteiger partial charge < -0.3 is 14.8 Å². The third kappa shape index (κ3) is 5.06. The molecule has 0 aliphatic heterocycles. The number of hydrogen-bond acceptors (Lipinski definition) is 6. The summed E-state index contributed by atoms with van der Waals surface area (Å²) >= 11 is 1.39. The maximum Gasteiger partial charge on any atom is 0.202 e. The van der Waals surface area contributed by atoms with Crippen molar-refractivity contribution in [3.05, 3.63) is 5.82 Å². The number of rotatable bonds is 8. The van der Waals surface area contributed by atoms with Gasteiger partial charge in [-0.15, -0.1) is 0 Å². The summed E-state index contributed by atoms with van der Waals surface area (Å²) in [6, 6.07) is 0. The highest BCUT2D eigenvalue weighted by molar-refractivity contribution is 7.09. The second kappa shape index (κ2) is 7.56. The van der Waals surface area contributed by atoms with Gasteiger partial charge in [-0.1, -0.05) is 0 Å². The highest BCUT2D eigenvalue weighted by atomic mass is 32.1. The first kappa shape index (κ1) is 12.4. The Morgan fingerprint density at radius 2 is 2.20 bits per heavy atom. The Balaban J connectivity index is 2.14. The lowest BCUT2D eigenvalue weighted by Gasteiger charge is -2.00. The van der Waals surface area contributed by atoms with E-state index >= 15 is 0 Å². The van der Waals surface area contributed by atoms with Crippen LogP contribution in [0, 0.1) is 0 Å². The summed E-state index contributed by atoms with van der Waals surface area (Å²) < 4.78 is 14.4. The second-order valence-electron chi connectivity index (χ2n) is 2.90. The van der Waals surface area contributed by atoms with E-state index in [1.807, 2.05) is 6.92 Å². The maximum absolute atomic E-state index is 5.33. The fraction of sp³-hybridized carbons (Fsp3) is 0.778.